The number of rotatable bonds is 6. The van der Waals surface area contributed by atoms with Crippen molar-refractivity contribution in [1.82, 2.24) is 15.2 Å². The van der Waals surface area contributed by atoms with Crippen molar-refractivity contribution in [2.75, 3.05) is 26.7 Å². The largest absolute Gasteiger partial charge is 0.573 e. The fourth-order valence-corrected chi connectivity index (χ4v) is 2.93. The molecule has 0 radical (unpaired) electrons. The first-order valence-corrected chi connectivity index (χ1v) is 8.81. The van der Waals surface area contributed by atoms with Gasteiger partial charge in [-0.3, -0.25) is 4.79 Å². The highest BCUT2D eigenvalue weighted by molar-refractivity contribution is 5.82. The average molecular weight is 389 g/mol. The second kappa shape index (κ2) is 8.33. The zero-order valence-electron chi connectivity index (χ0n) is 16.0. The molecule has 9 heteroatoms. The number of nitrogens with one attached hydrogen (secondary N) is 1. The van der Waals surface area contributed by atoms with E-state index in [0.29, 0.717) is 5.92 Å². The van der Waals surface area contributed by atoms with Crippen LogP contribution >= 0.6 is 0 Å². The van der Waals surface area contributed by atoms with Crippen molar-refractivity contribution in [1.29, 1.82) is 0 Å². The number of nitrogens with zero attached hydrogens (tertiary/aromatic N) is 2. The fourth-order valence-electron chi connectivity index (χ4n) is 2.93. The van der Waals surface area contributed by atoms with Crippen LogP contribution in [0, 0.1) is 11.3 Å². The predicted octanol–water partition coefficient (Wildman–Crippen LogP) is 2.84. The zero-order valence-corrected chi connectivity index (χ0v) is 16.0. The normalized spacial score (nSPS) is 21.6. The lowest BCUT2D eigenvalue weighted by molar-refractivity contribution is -0.275. The van der Waals surface area contributed by atoms with Crippen molar-refractivity contribution in [2.45, 2.75) is 39.6 Å². The summed E-state index contributed by atoms with van der Waals surface area (Å²) < 4.78 is 46.7. The Hall–Kier alpha value is -2.03. The van der Waals surface area contributed by atoms with E-state index in [-0.39, 0.29) is 24.4 Å². The first-order chi connectivity index (χ1) is 12.5. The van der Waals surface area contributed by atoms with Crippen LogP contribution in [0.5, 0.6) is 11.6 Å². The minimum absolute atomic E-state index is 0.0620. The summed E-state index contributed by atoms with van der Waals surface area (Å²) in [5.74, 6) is -0.737. The molecule has 27 heavy (non-hydrogen) atoms. The molecule has 1 N–H and O–H groups in total. The standard InChI is InChI=1S/C18H26F3N3O3/c1-12-10-24(4)9-7-13(12)23-16(25)17(2,3)11-26-15-14(6-5-8-22-15)27-18(19,20)21/h5-6,8,12-13H,7,9-11H2,1-4H3,(H,23,25)/t12-,13-/m1/s1. The lowest BCUT2D eigenvalue weighted by Crippen LogP contribution is -2.52. The molecule has 6 nitrogen and oxygen atoms in total. The number of halogens is 3. The second-order valence-corrected chi connectivity index (χ2v) is 7.64. The molecule has 1 aliphatic rings. The van der Waals surface area contributed by atoms with Gasteiger partial charge in [0.15, 0.2) is 5.75 Å². The van der Waals surface area contributed by atoms with Gasteiger partial charge in [0.2, 0.25) is 5.91 Å². The van der Waals surface area contributed by atoms with Gasteiger partial charge in [-0.1, -0.05) is 6.92 Å². The molecule has 1 aliphatic heterocycles. The number of hydrogen-bond acceptors (Lipinski definition) is 5. The third-order valence-corrected chi connectivity index (χ3v) is 4.57. The summed E-state index contributed by atoms with van der Waals surface area (Å²) in [5, 5.41) is 3.04. The lowest BCUT2D eigenvalue weighted by atomic mass is 9.89. The summed E-state index contributed by atoms with van der Waals surface area (Å²) in [6.45, 7) is 7.10. The lowest BCUT2D eigenvalue weighted by Gasteiger charge is -2.37. The van der Waals surface area contributed by atoms with Gasteiger partial charge in [0.25, 0.3) is 5.88 Å². The number of ether oxygens (including phenoxy) is 2. The number of amides is 1. The Morgan fingerprint density at radius 1 is 1.41 bits per heavy atom. The number of hydrogen-bond donors (Lipinski definition) is 1. The summed E-state index contributed by atoms with van der Waals surface area (Å²) in [5.41, 5.74) is -0.948. The average Bonchev–Trinajstić information content (AvgIpc) is 2.55. The Bertz CT molecular complexity index is 652. The Morgan fingerprint density at radius 3 is 2.74 bits per heavy atom. The van der Waals surface area contributed by atoms with Crippen molar-refractivity contribution in [3.8, 4) is 11.6 Å². The maximum atomic E-state index is 12.7. The van der Waals surface area contributed by atoms with Gasteiger partial charge in [0.1, 0.15) is 6.61 Å². The van der Waals surface area contributed by atoms with Gasteiger partial charge in [-0.2, -0.15) is 0 Å². The minimum atomic E-state index is -4.85. The minimum Gasteiger partial charge on any atom is -0.474 e. The van der Waals surface area contributed by atoms with Crippen LogP contribution in [0.1, 0.15) is 27.2 Å². The van der Waals surface area contributed by atoms with E-state index in [1.807, 2.05) is 7.05 Å². The summed E-state index contributed by atoms with van der Waals surface area (Å²) in [7, 11) is 2.04. The van der Waals surface area contributed by atoms with E-state index >= 15 is 0 Å². The fraction of sp³-hybridized carbons (Fsp3) is 0.667. The quantitative estimate of drug-likeness (QED) is 0.811. The number of aromatic nitrogens is 1. The highest BCUT2D eigenvalue weighted by atomic mass is 19.4. The van der Waals surface area contributed by atoms with Crippen molar-refractivity contribution in [2.24, 2.45) is 11.3 Å². The van der Waals surface area contributed by atoms with E-state index < -0.39 is 17.5 Å². The Labute approximate surface area is 157 Å². The molecule has 1 saturated heterocycles. The van der Waals surface area contributed by atoms with Crippen LogP contribution in [-0.4, -0.2) is 54.9 Å². The first kappa shape index (κ1) is 21.3. The van der Waals surface area contributed by atoms with E-state index in [4.69, 9.17) is 4.74 Å². The van der Waals surface area contributed by atoms with E-state index in [1.54, 1.807) is 13.8 Å². The van der Waals surface area contributed by atoms with E-state index in [0.717, 1.165) is 25.6 Å². The van der Waals surface area contributed by atoms with Gasteiger partial charge in [-0.05, 0) is 51.9 Å². The molecule has 0 aliphatic carbocycles. The third kappa shape index (κ3) is 6.27. The van der Waals surface area contributed by atoms with Crippen LogP contribution in [0.15, 0.2) is 18.3 Å². The van der Waals surface area contributed by atoms with Crippen LogP contribution in [-0.2, 0) is 4.79 Å². The van der Waals surface area contributed by atoms with Gasteiger partial charge in [-0.25, -0.2) is 4.98 Å². The summed E-state index contributed by atoms with van der Waals surface area (Å²) in [4.78, 5) is 18.6. The molecular weight excluding hydrogens is 363 g/mol. The van der Waals surface area contributed by atoms with Crippen LogP contribution in [0.2, 0.25) is 0 Å². The molecule has 0 unspecified atom stereocenters. The molecule has 0 bridgehead atoms. The van der Waals surface area contributed by atoms with Crippen molar-refractivity contribution in [3.05, 3.63) is 18.3 Å². The van der Waals surface area contributed by atoms with Gasteiger partial charge in [0, 0.05) is 18.8 Å². The van der Waals surface area contributed by atoms with Crippen LogP contribution in [0.25, 0.3) is 0 Å². The molecule has 0 aromatic carbocycles. The predicted molar refractivity (Wildman–Crippen MR) is 93.4 cm³/mol. The summed E-state index contributed by atoms with van der Waals surface area (Å²) in [6.07, 6.45) is -2.70. The maximum Gasteiger partial charge on any atom is 0.573 e. The summed E-state index contributed by atoms with van der Waals surface area (Å²) in [6, 6.07) is 2.49. The van der Waals surface area contributed by atoms with Crippen molar-refractivity contribution in [3.63, 3.8) is 0 Å². The monoisotopic (exact) mass is 389 g/mol. The molecular formula is C18H26F3N3O3. The Morgan fingerprint density at radius 2 is 2.11 bits per heavy atom. The maximum absolute atomic E-state index is 12.7. The van der Waals surface area contributed by atoms with Crippen LogP contribution in [0.3, 0.4) is 0 Å². The van der Waals surface area contributed by atoms with Crippen LogP contribution in [0.4, 0.5) is 13.2 Å². The number of carbonyl (C=O) groups is 1. The Balaban J connectivity index is 1.97. The molecule has 2 heterocycles. The topological polar surface area (TPSA) is 63.7 Å². The summed E-state index contributed by atoms with van der Waals surface area (Å²) >= 11 is 0. The third-order valence-electron chi connectivity index (χ3n) is 4.57. The van der Waals surface area contributed by atoms with Crippen molar-refractivity contribution >= 4 is 5.91 Å². The number of piperidine rings is 1. The molecule has 1 fully saturated rings. The van der Waals surface area contributed by atoms with Gasteiger partial charge >= 0.3 is 6.36 Å². The molecule has 2 atom stereocenters. The van der Waals surface area contributed by atoms with E-state index in [1.165, 1.54) is 12.3 Å². The first-order valence-electron chi connectivity index (χ1n) is 8.81. The van der Waals surface area contributed by atoms with E-state index in [2.05, 4.69) is 26.9 Å². The van der Waals surface area contributed by atoms with Crippen molar-refractivity contribution < 1.29 is 27.4 Å². The molecule has 2 rings (SSSR count). The number of likely N-dealkylation sites (tertiary alicyclic amines) is 1. The highest BCUT2D eigenvalue weighted by Crippen LogP contribution is 2.31. The smallest absolute Gasteiger partial charge is 0.474 e. The zero-order chi connectivity index (χ0) is 20.2. The SMILES string of the molecule is C[C@@H]1CN(C)CC[C@H]1NC(=O)C(C)(C)COc1ncccc1OC(F)(F)F. The Kier molecular flexibility index (Phi) is 6.56. The molecule has 152 valence electrons. The molecule has 1 aromatic heterocycles. The molecule has 0 saturated carbocycles. The molecule has 0 spiro atoms. The second-order valence-electron chi connectivity index (χ2n) is 7.64. The highest BCUT2D eigenvalue weighted by Gasteiger charge is 2.35. The molecule has 1 aromatic rings. The number of alkyl halides is 3. The van der Waals surface area contributed by atoms with E-state index in [9.17, 15) is 18.0 Å². The van der Waals surface area contributed by atoms with Gasteiger partial charge in [-0.15, -0.1) is 13.2 Å². The van der Waals surface area contributed by atoms with Gasteiger partial charge < -0.3 is 19.7 Å². The van der Waals surface area contributed by atoms with Gasteiger partial charge in [0.05, 0.1) is 5.41 Å². The number of carbonyl (C=O) groups excluding carboxylic acids is 1. The number of pyridine rings is 1. The molecule has 1 amide bonds. The van der Waals surface area contributed by atoms with Crippen LogP contribution < -0.4 is 14.8 Å².